The number of pyridine rings is 1. The third kappa shape index (κ3) is 3.64. The molecule has 0 saturated heterocycles. The van der Waals surface area contributed by atoms with Gasteiger partial charge < -0.3 is 10.5 Å². The van der Waals surface area contributed by atoms with E-state index in [1.165, 1.54) is 0 Å². The van der Waals surface area contributed by atoms with Crippen molar-refractivity contribution in [2.75, 3.05) is 6.61 Å². The monoisotopic (exact) mass is 258 g/mol. The van der Waals surface area contributed by atoms with Crippen LogP contribution in [0.3, 0.4) is 0 Å². The minimum absolute atomic E-state index is 0.332. The lowest BCUT2D eigenvalue weighted by atomic mass is 10.1. The smallest absolute Gasteiger partial charge is 0.216 e. The average molecular weight is 259 g/mol. The van der Waals surface area contributed by atoms with Crippen LogP contribution in [0.4, 0.5) is 0 Å². The van der Waals surface area contributed by atoms with Crippen molar-refractivity contribution in [3.63, 3.8) is 0 Å². The summed E-state index contributed by atoms with van der Waals surface area (Å²) in [6.07, 6.45) is 1.71. The molecular weight excluding hydrogens is 244 g/mol. The number of nitrogens with two attached hydrogens (primary N) is 1. The van der Waals surface area contributed by atoms with Gasteiger partial charge in [-0.05, 0) is 42.8 Å². The second-order valence-electron chi connectivity index (χ2n) is 4.05. The summed E-state index contributed by atoms with van der Waals surface area (Å²) in [5, 5.41) is 0. The maximum absolute atomic E-state index is 5.80. The van der Waals surface area contributed by atoms with Gasteiger partial charge in [-0.1, -0.05) is 0 Å². The highest BCUT2D eigenvalue weighted by Crippen LogP contribution is 2.19. The maximum atomic E-state index is 5.80. The molecule has 0 bridgehead atoms. The van der Waals surface area contributed by atoms with E-state index < -0.39 is 0 Å². The van der Waals surface area contributed by atoms with Crippen LogP contribution < -0.4 is 10.5 Å². The molecule has 0 fully saturated rings. The highest BCUT2D eigenvalue weighted by molar-refractivity contribution is 9.10. The van der Waals surface area contributed by atoms with Crippen molar-refractivity contribution in [2.24, 2.45) is 5.73 Å². The summed E-state index contributed by atoms with van der Waals surface area (Å²) in [5.41, 5.74) is 6.47. The van der Waals surface area contributed by atoms with Crippen LogP contribution in [0.1, 0.15) is 19.4 Å². The van der Waals surface area contributed by atoms with E-state index in [1.54, 1.807) is 6.20 Å². The zero-order chi connectivity index (χ0) is 10.8. The molecular formula is C10H15BrN2O. The number of halogens is 1. The van der Waals surface area contributed by atoms with Crippen molar-refractivity contribution in [1.82, 2.24) is 4.98 Å². The first-order valence-corrected chi connectivity index (χ1v) is 5.21. The third-order valence-corrected chi connectivity index (χ3v) is 2.01. The minimum atomic E-state index is -0.332. The number of aromatic nitrogens is 1. The number of rotatable bonds is 3. The van der Waals surface area contributed by atoms with Crippen molar-refractivity contribution in [3.05, 3.63) is 22.3 Å². The summed E-state index contributed by atoms with van der Waals surface area (Å²) in [7, 11) is 0. The highest BCUT2D eigenvalue weighted by Gasteiger charge is 2.12. The molecule has 0 aromatic carbocycles. The molecule has 0 aliphatic heterocycles. The number of aryl methyl sites for hydroxylation is 1. The van der Waals surface area contributed by atoms with Gasteiger partial charge >= 0.3 is 0 Å². The van der Waals surface area contributed by atoms with Gasteiger partial charge in [0.05, 0.1) is 0 Å². The fraction of sp³-hybridized carbons (Fsp3) is 0.500. The molecule has 0 spiro atoms. The van der Waals surface area contributed by atoms with Gasteiger partial charge in [0.2, 0.25) is 5.88 Å². The molecule has 1 heterocycles. The van der Waals surface area contributed by atoms with Gasteiger partial charge in [-0.15, -0.1) is 0 Å². The molecule has 14 heavy (non-hydrogen) atoms. The topological polar surface area (TPSA) is 48.1 Å². The summed E-state index contributed by atoms with van der Waals surface area (Å²) >= 11 is 3.34. The standard InChI is InChI=1S/C10H15BrN2O/c1-7-4-8(11)5-13-9(7)14-6-10(2,3)12/h4-5H,6,12H2,1-3H3. The molecule has 78 valence electrons. The molecule has 3 nitrogen and oxygen atoms in total. The molecule has 0 aliphatic carbocycles. The zero-order valence-electron chi connectivity index (χ0n) is 8.67. The molecule has 1 aromatic heterocycles. The second-order valence-corrected chi connectivity index (χ2v) is 4.97. The molecule has 2 N–H and O–H groups in total. The van der Waals surface area contributed by atoms with Crippen LogP contribution in [-0.4, -0.2) is 17.1 Å². The van der Waals surface area contributed by atoms with Gasteiger partial charge in [0.1, 0.15) is 6.61 Å². The number of nitrogens with zero attached hydrogens (tertiary/aromatic N) is 1. The Bertz CT molecular complexity index is 320. The van der Waals surface area contributed by atoms with Gasteiger partial charge in [0.25, 0.3) is 0 Å². The minimum Gasteiger partial charge on any atom is -0.476 e. The van der Waals surface area contributed by atoms with E-state index >= 15 is 0 Å². The van der Waals surface area contributed by atoms with Crippen molar-refractivity contribution < 1.29 is 4.74 Å². The largest absolute Gasteiger partial charge is 0.476 e. The summed E-state index contributed by atoms with van der Waals surface area (Å²) in [6.45, 7) is 6.25. The Morgan fingerprint density at radius 2 is 2.21 bits per heavy atom. The van der Waals surface area contributed by atoms with Crippen LogP contribution >= 0.6 is 15.9 Å². The van der Waals surface area contributed by atoms with Crippen LogP contribution in [0.25, 0.3) is 0 Å². The second kappa shape index (κ2) is 4.28. The van der Waals surface area contributed by atoms with Crippen LogP contribution in [0, 0.1) is 6.92 Å². The van der Waals surface area contributed by atoms with E-state index in [2.05, 4.69) is 20.9 Å². The van der Waals surface area contributed by atoms with E-state index in [9.17, 15) is 0 Å². The predicted octanol–water partition coefficient (Wildman–Crippen LogP) is 2.27. The molecule has 0 amide bonds. The molecule has 0 aliphatic rings. The molecule has 1 rings (SSSR count). The molecule has 1 aromatic rings. The van der Waals surface area contributed by atoms with Gasteiger partial charge in [0.15, 0.2) is 0 Å². The van der Waals surface area contributed by atoms with Gasteiger partial charge in [0, 0.05) is 21.8 Å². The van der Waals surface area contributed by atoms with Crippen LogP contribution in [0.15, 0.2) is 16.7 Å². The number of ether oxygens (including phenoxy) is 1. The first-order valence-electron chi connectivity index (χ1n) is 4.42. The van der Waals surface area contributed by atoms with E-state index in [1.807, 2.05) is 26.8 Å². The highest BCUT2D eigenvalue weighted by atomic mass is 79.9. The van der Waals surface area contributed by atoms with E-state index in [4.69, 9.17) is 10.5 Å². The molecule has 4 heteroatoms. The average Bonchev–Trinajstić information content (AvgIpc) is 2.00. The van der Waals surface area contributed by atoms with Gasteiger partial charge in [-0.2, -0.15) is 0 Å². The van der Waals surface area contributed by atoms with E-state index in [0.717, 1.165) is 10.0 Å². The Balaban J connectivity index is 2.68. The molecule has 0 radical (unpaired) electrons. The maximum Gasteiger partial charge on any atom is 0.216 e. The van der Waals surface area contributed by atoms with Gasteiger partial charge in [-0.25, -0.2) is 4.98 Å². The summed E-state index contributed by atoms with van der Waals surface area (Å²) < 4.78 is 6.45. The Morgan fingerprint density at radius 1 is 1.57 bits per heavy atom. The van der Waals surface area contributed by atoms with Crippen molar-refractivity contribution in [2.45, 2.75) is 26.3 Å². The summed E-state index contributed by atoms with van der Waals surface area (Å²) in [5.74, 6) is 0.645. The molecule has 0 unspecified atom stereocenters. The Hall–Kier alpha value is -0.610. The Kier molecular flexibility index (Phi) is 3.50. The Labute approximate surface area is 92.8 Å². The fourth-order valence-electron chi connectivity index (χ4n) is 0.933. The lowest BCUT2D eigenvalue weighted by Gasteiger charge is -2.19. The number of hydrogen-bond donors (Lipinski definition) is 1. The lowest BCUT2D eigenvalue weighted by molar-refractivity contribution is 0.233. The first kappa shape index (κ1) is 11.5. The van der Waals surface area contributed by atoms with Crippen LogP contribution in [0.5, 0.6) is 5.88 Å². The van der Waals surface area contributed by atoms with Crippen molar-refractivity contribution in [1.29, 1.82) is 0 Å². The SMILES string of the molecule is Cc1cc(Br)cnc1OCC(C)(C)N. The fourth-order valence-corrected chi connectivity index (χ4v) is 1.38. The summed E-state index contributed by atoms with van der Waals surface area (Å²) in [6, 6.07) is 1.96. The van der Waals surface area contributed by atoms with Crippen molar-refractivity contribution >= 4 is 15.9 Å². The Morgan fingerprint density at radius 3 is 2.71 bits per heavy atom. The quantitative estimate of drug-likeness (QED) is 0.905. The lowest BCUT2D eigenvalue weighted by Crippen LogP contribution is -2.38. The zero-order valence-corrected chi connectivity index (χ0v) is 10.3. The predicted molar refractivity (Wildman–Crippen MR) is 60.4 cm³/mol. The molecule has 0 saturated carbocycles. The summed E-state index contributed by atoms with van der Waals surface area (Å²) in [4.78, 5) is 4.16. The van der Waals surface area contributed by atoms with E-state index in [0.29, 0.717) is 12.5 Å². The molecule has 0 atom stereocenters. The van der Waals surface area contributed by atoms with Crippen molar-refractivity contribution in [3.8, 4) is 5.88 Å². The van der Waals surface area contributed by atoms with Gasteiger partial charge in [-0.3, -0.25) is 0 Å². The first-order chi connectivity index (χ1) is 6.38. The van der Waals surface area contributed by atoms with Crippen LogP contribution in [0.2, 0.25) is 0 Å². The number of hydrogen-bond acceptors (Lipinski definition) is 3. The van der Waals surface area contributed by atoms with Crippen LogP contribution in [-0.2, 0) is 0 Å². The van der Waals surface area contributed by atoms with E-state index in [-0.39, 0.29) is 5.54 Å². The third-order valence-electron chi connectivity index (χ3n) is 1.58. The normalized spacial score (nSPS) is 11.5.